The Morgan fingerprint density at radius 2 is 2.09 bits per heavy atom. The second-order valence-electron chi connectivity index (χ2n) is 6.05. The summed E-state index contributed by atoms with van der Waals surface area (Å²) in [5, 5.41) is 10.8. The number of aromatic nitrogens is 3. The van der Waals surface area contributed by atoms with Crippen LogP contribution in [-0.4, -0.2) is 44.2 Å². The normalized spacial score (nSPS) is 18.5. The van der Waals surface area contributed by atoms with Gasteiger partial charge in [-0.2, -0.15) is 0 Å². The first kappa shape index (κ1) is 15.0. The van der Waals surface area contributed by atoms with E-state index < -0.39 is 5.60 Å². The van der Waals surface area contributed by atoms with Crippen molar-refractivity contribution < 1.29 is 5.11 Å². The van der Waals surface area contributed by atoms with Gasteiger partial charge < -0.3 is 15.0 Å². The van der Waals surface area contributed by atoms with E-state index in [-0.39, 0.29) is 5.69 Å². The highest BCUT2D eigenvalue weighted by atomic mass is 16.3. The maximum Gasteiger partial charge on any atom is 0.325 e. The van der Waals surface area contributed by atoms with E-state index >= 15 is 0 Å². The Labute approximate surface area is 129 Å². The molecular formula is C16H22N4O2. The second-order valence-corrected chi connectivity index (χ2v) is 6.05. The predicted molar refractivity (Wildman–Crippen MR) is 83.6 cm³/mol. The number of nitrogens with zero attached hydrogens (tertiary/aromatic N) is 3. The smallest absolute Gasteiger partial charge is 0.325 e. The third kappa shape index (κ3) is 3.13. The van der Waals surface area contributed by atoms with Crippen molar-refractivity contribution in [2.24, 2.45) is 0 Å². The van der Waals surface area contributed by atoms with E-state index in [1.807, 2.05) is 19.1 Å². The average Bonchev–Trinajstić information content (AvgIpc) is 2.93. The summed E-state index contributed by atoms with van der Waals surface area (Å²) in [4.78, 5) is 20.7. The molecule has 0 amide bonds. The number of H-pyrrole nitrogens is 1. The monoisotopic (exact) mass is 302 g/mol. The molecule has 0 spiro atoms. The summed E-state index contributed by atoms with van der Waals surface area (Å²) in [7, 11) is 0. The molecule has 0 bridgehead atoms. The van der Waals surface area contributed by atoms with E-state index in [1.165, 1.54) is 0 Å². The third-order valence-corrected chi connectivity index (χ3v) is 4.45. The maximum atomic E-state index is 11.4. The Morgan fingerprint density at radius 3 is 2.68 bits per heavy atom. The molecule has 3 rings (SSSR count). The van der Waals surface area contributed by atoms with Gasteiger partial charge in [-0.1, -0.05) is 6.07 Å². The molecule has 0 atom stereocenters. The fourth-order valence-electron chi connectivity index (χ4n) is 2.92. The van der Waals surface area contributed by atoms with Crippen LogP contribution in [0.25, 0.3) is 0 Å². The minimum Gasteiger partial charge on any atom is -0.383 e. The van der Waals surface area contributed by atoms with Crippen LogP contribution in [0, 0.1) is 6.92 Å². The van der Waals surface area contributed by atoms with E-state index in [0.717, 1.165) is 30.9 Å². The molecule has 0 aliphatic carbocycles. The number of likely N-dealkylation sites (tertiary alicyclic amines) is 1. The molecule has 118 valence electrons. The zero-order valence-electron chi connectivity index (χ0n) is 12.8. The van der Waals surface area contributed by atoms with Crippen molar-refractivity contribution in [1.82, 2.24) is 19.4 Å². The molecule has 1 fully saturated rings. The number of aromatic amines is 1. The van der Waals surface area contributed by atoms with Gasteiger partial charge in [0.2, 0.25) is 0 Å². The number of aryl methyl sites for hydroxylation is 1. The van der Waals surface area contributed by atoms with Gasteiger partial charge in [0.05, 0.1) is 5.69 Å². The number of aliphatic hydroxyl groups is 1. The van der Waals surface area contributed by atoms with Gasteiger partial charge in [0.25, 0.3) is 0 Å². The summed E-state index contributed by atoms with van der Waals surface area (Å²) < 4.78 is 1.67. The van der Waals surface area contributed by atoms with Crippen molar-refractivity contribution >= 4 is 0 Å². The first-order valence-corrected chi connectivity index (χ1v) is 7.68. The predicted octanol–water partition coefficient (Wildman–Crippen LogP) is 0.863. The van der Waals surface area contributed by atoms with E-state index in [9.17, 15) is 9.90 Å². The van der Waals surface area contributed by atoms with Crippen molar-refractivity contribution in [1.29, 1.82) is 0 Å². The van der Waals surface area contributed by atoms with Gasteiger partial charge in [-0.05, 0) is 31.4 Å². The first-order valence-electron chi connectivity index (χ1n) is 7.68. The van der Waals surface area contributed by atoms with Crippen LogP contribution < -0.4 is 5.69 Å². The van der Waals surface area contributed by atoms with Gasteiger partial charge in [0.15, 0.2) is 0 Å². The van der Waals surface area contributed by atoms with E-state index in [0.29, 0.717) is 19.4 Å². The van der Waals surface area contributed by atoms with Gasteiger partial charge in [-0.3, -0.25) is 9.55 Å². The molecule has 2 N–H and O–H groups in total. The Balaban J connectivity index is 1.56. The van der Waals surface area contributed by atoms with Crippen molar-refractivity contribution in [2.45, 2.75) is 31.9 Å². The standard InChI is InChI=1S/C16H22N4O2/c1-13-2-3-14(18-12-13)16(22)4-7-19(8-5-16)10-11-20-9-6-17-15(20)21/h2-3,6,9,12,22H,4-5,7-8,10-11H2,1H3,(H,17,21). The molecule has 0 aromatic carbocycles. The van der Waals surface area contributed by atoms with Crippen LogP contribution in [0.2, 0.25) is 0 Å². The van der Waals surface area contributed by atoms with Crippen molar-refractivity contribution in [3.8, 4) is 0 Å². The largest absolute Gasteiger partial charge is 0.383 e. The molecule has 0 unspecified atom stereocenters. The molecule has 2 aromatic rings. The van der Waals surface area contributed by atoms with Gasteiger partial charge >= 0.3 is 5.69 Å². The SMILES string of the molecule is Cc1ccc(C2(O)CCN(CCn3cc[nH]c3=O)CC2)nc1. The molecule has 6 heteroatoms. The highest BCUT2D eigenvalue weighted by Gasteiger charge is 2.34. The quantitative estimate of drug-likeness (QED) is 0.878. The lowest BCUT2D eigenvalue weighted by Gasteiger charge is -2.37. The number of rotatable bonds is 4. The second kappa shape index (κ2) is 6.06. The number of piperidine rings is 1. The average molecular weight is 302 g/mol. The molecule has 1 aliphatic heterocycles. The van der Waals surface area contributed by atoms with Crippen LogP contribution in [0.1, 0.15) is 24.1 Å². The summed E-state index contributed by atoms with van der Waals surface area (Å²) in [5.74, 6) is 0. The van der Waals surface area contributed by atoms with Gasteiger partial charge in [-0.15, -0.1) is 0 Å². The summed E-state index contributed by atoms with van der Waals surface area (Å²) >= 11 is 0. The summed E-state index contributed by atoms with van der Waals surface area (Å²) in [6, 6.07) is 3.91. The molecule has 1 saturated heterocycles. The van der Waals surface area contributed by atoms with Crippen LogP contribution in [-0.2, 0) is 12.1 Å². The number of imidazole rings is 1. The Morgan fingerprint density at radius 1 is 1.32 bits per heavy atom. The number of hydrogen-bond donors (Lipinski definition) is 2. The maximum absolute atomic E-state index is 11.4. The zero-order valence-corrected chi connectivity index (χ0v) is 12.8. The van der Waals surface area contributed by atoms with Crippen LogP contribution in [0.15, 0.2) is 35.5 Å². The molecule has 0 saturated carbocycles. The topological polar surface area (TPSA) is 74.2 Å². The lowest BCUT2D eigenvalue weighted by Crippen LogP contribution is -2.44. The fraction of sp³-hybridized carbons (Fsp3) is 0.500. The molecule has 3 heterocycles. The molecule has 22 heavy (non-hydrogen) atoms. The lowest BCUT2D eigenvalue weighted by atomic mass is 9.87. The van der Waals surface area contributed by atoms with Gasteiger partial charge in [0, 0.05) is 44.8 Å². The number of pyridine rings is 1. The van der Waals surface area contributed by atoms with Crippen LogP contribution in [0.3, 0.4) is 0 Å². The minimum absolute atomic E-state index is 0.0719. The van der Waals surface area contributed by atoms with Crippen molar-refractivity contribution in [2.75, 3.05) is 19.6 Å². The Hall–Kier alpha value is -1.92. The molecule has 0 radical (unpaired) electrons. The van der Waals surface area contributed by atoms with Gasteiger partial charge in [-0.25, -0.2) is 4.79 Å². The fourth-order valence-corrected chi connectivity index (χ4v) is 2.92. The third-order valence-electron chi connectivity index (χ3n) is 4.45. The van der Waals surface area contributed by atoms with E-state index in [2.05, 4.69) is 14.9 Å². The van der Waals surface area contributed by atoms with E-state index in [1.54, 1.807) is 23.2 Å². The highest BCUT2D eigenvalue weighted by Crippen LogP contribution is 2.31. The Kier molecular flexibility index (Phi) is 4.13. The number of hydrogen-bond acceptors (Lipinski definition) is 4. The van der Waals surface area contributed by atoms with Crippen LogP contribution in [0.4, 0.5) is 0 Å². The minimum atomic E-state index is -0.824. The summed E-state index contributed by atoms with van der Waals surface area (Å²) in [6.45, 7) is 5.10. The molecule has 2 aromatic heterocycles. The van der Waals surface area contributed by atoms with Crippen molar-refractivity contribution in [3.05, 3.63) is 52.5 Å². The zero-order chi connectivity index (χ0) is 15.6. The lowest BCUT2D eigenvalue weighted by molar-refractivity contribution is -0.0298. The van der Waals surface area contributed by atoms with Crippen molar-refractivity contribution in [3.63, 3.8) is 0 Å². The molecular weight excluding hydrogens is 280 g/mol. The molecule has 6 nitrogen and oxygen atoms in total. The summed E-state index contributed by atoms with van der Waals surface area (Å²) in [5.41, 5.74) is 0.966. The molecule has 1 aliphatic rings. The first-order chi connectivity index (χ1) is 10.6. The van der Waals surface area contributed by atoms with Crippen LogP contribution >= 0.6 is 0 Å². The highest BCUT2D eigenvalue weighted by molar-refractivity contribution is 5.18. The number of nitrogens with one attached hydrogen (secondary N) is 1. The Bertz CT molecular complexity index is 666. The van der Waals surface area contributed by atoms with Gasteiger partial charge in [0.1, 0.15) is 5.60 Å². The van der Waals surface area contributed by atoms with E-state index in [4.69, 9.17) is 0 Å². The van der Waals surface area contributed by atoms with Crippen LogP contribution in [0.5, 0.6) is 0 Å². The summed E-state index contributed by atoms with van der Waals surface area (Å²) in [6.07, 6.45) is 6.56.